The zero-order chi connectivity index (χ0) is 11.3. The number of hydrogen-bond acceptors (Lipinski definition) is 4. The van der Waals surface area contributed by atoms with Crippen LogP contribution >= 0.6 is 0 Å². The Balaban J connectivity index is 2.58. The standard InChI is InChI=1S/C10H15N3O2/c1-15-7-2-3-9(8(11)6-7)13-5-4-10(12)14/h2-3,6,13H,4-5,11H2,1H3,(H2,12,14). The topological polar surface area (TPSA) is 90.4 Å². The van der Waals surface area contributed by atoms with Gasteiger partial charge in [-0.1, -0.05) is 0 Å². The van der Waals surface area contributed by atoms with Crippen molar-refractivity contribution in [2.75, 3.05) is 24.7 Å². The molecule has 1 amide bonds. The van der Waals surface area contributed by atoms with Gasteiger partial charge in [-0.05, 0) is 12.1 Å². The number of hydrogen-bond donors (Lipinski definition) is 3. The molecule has 1 rings (SSSR count). The minimum Gasteiger partial charge on any atom is -0.497 e. The van der Waals surface area contributed by atoms with Crippen LogP contribution in [-0.4, -0.2) is 19.6 Å². The molecule has 0 unspecified atom stereocenters. The molecule has 0 heterocycles. The highest BCUT2D eigenvalue weighted by atomic mass is 16.5. The second-order valence-corrected chi connectivity index (χ2v) is 3.10. The summed E-state index contributed by atoms with van der Waals surface area (Å²) in [6, 6.07) is 5.31. The van der Waals surface area contributed by atoms with Crippen molar-refractivity contribution in [2.45, 2.75) is 6.42 Å². The number of primary amides is 1. The lowest BCUT2D eigenvalue weighted by Crippen LogP contribution is -2.16. The van der Waals surface area contributed by atoms with Gasteiger partial charge in [-0.3, -0.25) is 4.79 Å². The summed E-state index contributed by atoms with van der Waals surface area (Å²) >= 11 is 0. The number of nitrogens with two attached hydrogens (primary N) is 2. The Bertz CT molecular complexity index is 353. The molecule has 0 radical (unpaired) electrons. The molecule has 5 N–H and O–H groups in total. The second-order valence-electron chi connectivity index (χ2n) is 3.10. The van der Waals surface area contributed by atoms with E-state index in [9.17, 15) is 4.79 Å². The van der Waals surface area contributed by atoms with E-state index in [1.807, 2.05) is 0 Å². The van der Waals surface area contributed by atoms with E-state index in [0.717, 1.165) is 5.69 Å². The Morgan fingerprint density at radius 3 is 2.80 bits per heavy atom. The maximum absolute atomic E-state index is 10.5. The van der Waals surface area contributed by atoms with Gasteiger partial charge in [-0.25, -0.2) is 0 Å². The zero-order valence-corrected chi connectivity index (χ0v) is 8.62. The first-order chi connectivity index (χ1) is 7.13. The van der Waals surface area contributed by atoms with E-state index in [2.05, 4.69) is 5.32 Å². The Morgan fingerprint density at radius 2 is 2.27 bits per heavy atom. The average molecular weight is 209 g/mol. The largest absolute Gasteiger partial charge is 0.497 e. The highest BCUT2D eigenvalue weighted by Crippen LogP contribution is 2.23. The third kappa shape index (κ3) is 3.38. The van der Waals surface area contributed by atoms with Crippen molar-refractivity contribution >= 4 is 17.3 Å². The number of benzene rings is 1. The number of ether oxygens (including phenoxy) is 1. The highest BCUT2D eigenvalue weighted by Gasteiger charge is 2.01. The number of nitrogens with one attached hydrogen (secondary N) is 1. The van der Waals surface area contributed by atoms with Gasteiger partial charge in [0.1, 0.15) is 5.75 Å². The average Bonchev–Trinajstić information content (AvgIpc) is 2.20. The van der Waals surface area contributed by atoms with E-state index >= 15 is 0 Å². The van der Waals surface area contributed by atoms with E-state index < -0.39 is 0 Å². The van der Waals surface area contributed by atoms with Gasteiger partial charge in [0.15, 0.2) is 0 Å². The van der Waals surface area contributed by atoms with Crippen molar-refractivity contribution < 1.29 is 9.53 Å². The first-order valence-corrected chi connectivity index (χ1v) is 4.59. The Labute approximate surface area is 88.4 Å². The Kier molecular flexibility index (Phi) is 3.79. The number of carbonyl (C=O) groups excluding carboxylic acids is 1. The lowest BCUT2D eigenvalue weighted by Gasteiger charge is -2.09. The molecule has 5 heteroatoms. The van der Waals surface area contributed by atoms with Gasteiger partial charge in [0.2, 0.25) is 5.91 Å². The lowest BCUT2D eigenvalue weighted by molar-refractivity contribution is -0.117. The van der Waals surface area contributed by atoms with Gasteiger partial charge in [0, 0.05) is 19.0 Å². The molecular weight excluding hydrogens is 194 g/mol. The fourth-order valence-electron chi connectivity index (χ4n) is 1.15. The number of carbonyl (C=O) groups is 1. The summed E-state index contributed by atoms with van der Waals surface area (Å²) < 4.78 is 5.01. The van der Waals surface area contributed by atoms with Crippen molar-refractivity contribution in [2.24, 2.45) is 5.73 Å². The summed E-state index contributed by atoms with van der Waals surface area (Å²) in [6.07, 6.45) is 0.283. The fraction of sp³-hybridized carbons (Fsp3) is 0.300. The van der Waals surface area contributed by atoms with Gasteiger partial charge in [-0.15, -0.1) is 0 Å². The van der Waals surface area contributed by atoms with E-state index in [-0.39, 0.29) is 12.3 Å². The van der Waals surface area contributed by atoms with Crippen LogP contribution < -0.4 is 21.5 Å². The van der Waals surface area contributed by atoms with Gasteiger partial charge >= 0.3 is 0 Å². The summed E-state index contributed by atoms with van der Waals surface area (Å²) in [5.74, 6) is 0.363. The molecule has 0 saturated heterocycles. The minimum atomic E-state index is -0.338. The summed E-state index contributed by atoms with van der Waals surface area (Å²) in [5, 5.41) is 3.01. The molecule has 0 aliphatic heterocycles. The summed E-state index contributed by atoms with van der Waals surface area (Å²) in [6.45, 7) is 0.478. The molecular formula is C10H15N3O2. The van der Waals surface area contributed by atoms with Crippen LogP contribution in [0.4, 0.5) is 11.4 Å². The number of amides is 1. The first kappa shape index (κ1) is 11.2. The molecule has 15 heavy (non-hydrogen) atoms. The predicted octanol–water partition coefficient (Wildman–Crippen LogP) is 0.565. The van der Waals surface area contributed by atoms with Gasteiger partial charge in [0.05, 0.1) is 18.5 Å². The lowest BCUT2D eigenvalue weighted by atomic mass is 10.2. The van der Waals surface area contributed by atoms with Crippen LogP contribution in [0.25, 0.3) is 0 Å². The SMILES string of the molecule is COc1ccc(NCCC(N)=O)c(N)c1. The molecule has 0 saturated carbocycles. The molecule has 0 spiro atoms. The molecule has 0 fully saturated rings. The van der Waals surface area contributed by atoms with Gasteiger partial charge in [0.25, 0.3) is 0 Å². The molecule has 5 nitrogen and oxygen atoms in total. The van der Waals surface area contributed by atoms with Crippen molar-refractivity contribution in [1.82, 2.24) is 0 Å². The zero-order valence-electron chi connectivity index (χ0n) is 8.62. The van der Waals surface area contributed by atoms with E-state index in [4.69, 9.17) is 16.2 Å². The van der Waals surface area contributed by atoms with Crippen LogP contribution in [0, 0.1) is 0 Å². The fourth-order valence-corrected chi connectivity index (χ4v) is 1.15. The molecule has 1 aromatic rings. The maximum atomic E-state index is 10.5. The quantitative estimate of drug-likeness (QED) is 0.618. The molecule has 1 aromatic carbocycles. The number of anilines is 2. The van der Waals surface area contributed by atoms with Crippen LogP contribution in [-0.2, 0) is 4.79 Å². The first-order valence-electron chi connectivity index (χ1n) is 4.59. The third-order valence-corrected chi connectivity index (χ3v) is 1.95. The van der Waals surface area contributed by atoms with E-state index in [1.54, 1.807) is 25.3 Å². The number of nitrogen functional groups attached to an aromatic ring is 1. The molecule has 0 atom stereocenters. The molecule has 0 bridgehead atoms. The van der Waals surface area contributed by atoms with Gasteiger partial charge < -0.3 is 21.5 Å². The predicted molar refractivity (Wildman–Crippen MR) is 59.7 cm³/mol. The van der Waals surface area contributed by atoms with Crippen molar-refractivity contribution in [1.29, 1.82) is 0 Å². The normalized spacial score (nSPS) is 9.67. The Morgan fingerprint density at radius 1 is 1.53 bits per heavy atom. The van der Waals surface area contributed by atoms with E-state index in [0.29, 0.717) is 18.0 Å². The smallest absolute Gasteiger partial charge is 0.219 e. The molecule has 0 aromatic heterocycles. The van der Waals surface area contributed by atoms with Crippen LogP contribution in [0.2, 0.25) is 0 Å². The summed E-state index contributed by atoms with van der Waals surface area (Å²) in [5.41, 5.74) is 12.1. The maximum Gasteiger partial charge on any atom is 0.219 e. The van der Waals surface area contributed by atoms with Crippen LogP contribution in [0.15, 0.2) is 18.2 Å². The number of methoxy groups -OCH3 is 1. The summed E-state index contributed by atoms with van der Waals surface area (Å²) in [4.78, 5) is 10.5. The van der Waals surface area contributed by atoms with Crippen molar-refractivity contribution in [3.63, 3.8) is 0 Å². The highest BCUT2D eigenvalue weighted by molar-refractivity contribution is 5.75. The summed E-state index contributed by atoms with van der Waals surface area (Å²) in [7, 11) is 1.58. The van der Waals surface area contributed by atoms with Crippen LogP contribution in [0.5, 0.6) is 5.75 Å². The van der Waals surface area contributed by atoms with Crippen molar-refractivity contribution in [3.8, 4) is 5.75 Å². The van der Waals surface area contributed by atoms with Crippen molar-refractivity contribution in [3.05, 3.63) is 18.2 Å². The molecule has 82 valence electrons. The second kappa shape index (κ2) is 5.09. The van der Waals surface area contributed by atoms with E-state index in [1.165, 1.54) is 0 Å². The molecule has 0 aliphatic rings. The minimum absolute atomic E-state index is 0.283. The number of rotatable bonds is 5. The molecule has 0 aliphatic carbocycles. The monoisotopic (exact) mass is 209 g/mol. The third-order valence-electron chi connectivity index (χ3n) is 1.95. The van der Waals surface area contributed by atoms with Gasteiger partial charge in [-0.2, -0.15) is 0 Å². The van der Waals surface area contributed by atoms with Crippen LogP contribution in [0.3, 0.4) is 0 Å². The van der Waals surface area contributed by atoms with Crippen LogP contribution in [0.1, 0.15) is 6.42 Å². The Hall–Kier alpha value is -1.91.